The van der Waals surface area contributed by atoms with Gasteiger partial charge in [0.2, 0.25) is 5.95 Å². The van der Waals surface area contributed by atoms with Gasteiger partial charge in [0.25, 0.3) is 0 Å². The van der Waals surface area contributed by atoms with Crippen LogP contribution in [0.4, 0.5) is 11.8 Å². The Morgan fingerprint density at radius 3 is 2.71 bits per heavy atom. The Morgan fingerprint density at radius 1 is 1.06 bits per heavy atom. The smallest absolute Gasteiger partial charge is 0.222 e. The van der Waals surface area contributed by atoms with Crippen LogP contribution in [0.15, 0.2) is 35.7 Å². The molecule has 17 heavy (non-hydrogen) atoms. The molecule has 0 saturated carbocycles. The number of hydrogen-bond acceptors (Lipinski definition) is 5. The topological polar surface area (TPSA) is 77.8 Å². The third-order valence-electron chi connectivity index (χ3n) is 2.52. The van der Waals surface area contributed by atoms with Gasteiger partial charge in [0.05, 0.1) is 5.69 Å². The van der Waals surface area contributed by atoms with Crippen molar-refractivity contribution in [2.45, 2.75) is 0 Å². The molecule has 0 spiro atoms. The molecule has 3 aromatic rings. The van der Waals surface area contributed by atoms with Crippen molar-refractivity contribution in [1.82, 2.24) is 9.97 Å². The SMILES string of the molecule is Nc1cc(-c2csc3ccccc23)nc(N)n1. The maximum Gasteiger partial charge on any atom is 0.222 e. The summed E-state index contributed by atoms with van der Waals surface area (Å²) in [5.74, 6) is 0.595. The Kier molecular flexibility index (Phi) is 2.19. The molecule has 2 heterocycles. The standard InChI is InChI=1S/C12H10N4S/c13-11-5-9(15-12(14)16-11)8-6-17-10-4-2-1-3-7(8)10/h1-6H,(H4,13,14,15,16). The number of thiophene rings is 1. The second-order valence-electron chi connectivity index (χ2n) is 3.68. The summed E-state index contributed by atoms with van der Waals surface area (Å²) >= 11 is 1.68. The third kappa shape index (κ3) is 1.70. The van der Waals surface area contributed by atoms with Crippen LogP contribution in [-0.4, -0.2) is 9.97 Å². The molecule has 0 radical (unpaired) electrons. The molecular formula is C12H10N4S. The lowest BCUT2D eigenvalue weighted by atomic mass is 10.1. The molecule has 0 aliphatic carbocycles. The Hall–Kier alpha value is -2.14. The van der Waals surface area contributed by atoms with Gasteiger partial charge < -0.3 is 11.5 Å². The lowest BCUT2D eigenvalue weighted by molar-refractivity contribution is 1.20. The second kappa shape index (κ2) is 3.71. The highest BCUT2D eigenvalue weighted by atomic mass is 32.1. The van der Waals surface area contributed by atoms with Crippen molar-refractivity contribution in [3.05, 3.63) is 35.7 Å². The lowest BCUT2D eigenvalue weighted by Gasteiger charge is -2.01. The number of nitrogen functional groups attached to an aromatic ring is 2. The minimum Gasteiger partial charge on any atom is -0.384 e. The minimum absolute atomic E-state index is 0.204. The van der Waals surface area contributed by atoms with E-state index in [2.05, 4.69) is 27.5 Å². The van der Waals surface area contributed by atoms with E-state index in [1.807, 2.05) is 12.1 Å². The fraction of sp³-hybridized carbons (Fsp3) is 0. The van der Waals surface area contributed by atoms with Gasteiger partial charge in [0, 0.05) is 27.1 Å². The summed E-state index contributed by atoms with van der Waals surface area (Å²) in [6, 6.07) is 9.91. The van der Waals surface area contributed by atoms with Crippen LogP contribution in [0.5, 0.6) is 0 Å². The summed E-state index contributed by atoms with van der Waals surface area (Å²) in [6.07, 6.45) is 0. The highest BCUT2D eigenvalue weighted by Crippen LogP contribution is 2.33. The zero-order valence-corrected chi connectivity index (χ0v) is 9.74. The van der Waals surface area contributed by atoms with E-state index >= 15 is 0 Å². The molecule has 0 bridgehead atoms. The minimum atomic E-state index is 0.204. The fourth-order valence-corrected chi connectivity index (χ4v) is 2.75. The maximum absolute atomic E-state index is 5.68. The summed E-state index contributed by atoms with van der Waals surface area (Å²) in [7, 11) is 0. The summed E-state index contributed by atoms with van der Waals surface area (Å²) in [5.41, 5.74) is 13.1. The van der Waals surface area contributed by atoms with Crippen molar-refractivity contribution < 1.29 is 0 Å². The zero-order chi connectivity index (χ0) is 11.8. The van der Waals surface area contributed by atoms with Crippen molar-refractivity contribution >= 4 is 33.2 Å². The predicted octanol–water partition coefficient (Wildman–Crippen LogP) is 2.52. The number of benzene rings is 1. The summed E-state index contributed by atoms with van der Waals surface area (Å²) < 4.78 is 1.22. The monoisotopic (exact) mass is 242 g/mol. The normalized spacial score (nSPS) is 10.8. The van der Waals surface area contributed by atoms with Gasteiger partial charge in [-0.2, -0.15) is 4.98 Å². The highest BCUT2D eigenvalue weighted by molar-refractivity contribution is 7.17. The molecule has 0 unspecified atom stereocenters. The van der Waals surface area contributed by atoms with E-state index in [0.717, 1.165) is 16.6 Å². The van der Waals surface area contributed by atoms with Gasteiger partial charge in [-0.25, -0.2) is 4.98 Å². The first kappa shape index (κ1) is 10.0. The third-order valence-corrected chi connectivity index (χ3v) is 3.48. The quantitative estimate of drug-likeness (QED) is 0.687. The van der Waals surface area contributed by atoms with E-state index in [9.17, 15) is 0 Å². The molecule has 0 saturated heterocycles. The van der Waals surface area contributed by atoms with Crippen LogP contribution in [0.3, 0.4) is 0 Å². The second-order valence-corrected chi connectivity index (χ2v) is 4.59. The van der Waals surface area contributed by atoms with Gasteiger partial charge in [-0.15, -0.1) is 11.3 Å². The number of rotatable bonds is 1. The van der Waals surface area contributed by atoms with Crippen LogP contribution in [-0.2, 0) is 0 Å². The Bertz CT molecular complexity index is 670. The first-order valence-electron chi connectivity index (χ1n) is 5.10. The average Bonchev–Trinajstić information content (AvgIpc) is 2.71. The van der Waals surface area contributed by atoms with Crippen molar-refractivity contribution in [2.75, 3.05) is 11.5 Å². The van der Waals surface area contributed by atoms with Crippen molar-refractivity contribution in [1.29, 1.82) is 0 Å². The molecule has 5 heteroatoms. The Balaban J connectivity index is 2.27. The molecule has 0 aliphatic rings. The zero-order valence-electron chi connectivity index (χ0n) is 8.92. The van der Waals surface area contributed by atoms with Gasteiger partial charge >= 0.3 is 0 Å². The van der Waals surface area contributed by atoms with Crippen LogP contribution in [0.25, 0.3) is 21.3 Å². The predicted molar refractivity (Wildman–Crippen MR) is 71.7 cm³/mol. The van der Waals surface area contributed by atoms with E-state index in [-0.39, 0.29) is 5.95 Å². The molecule has 3 rings (SSSR count). The van der Waals surface area contributed by atoms with Crippen molar-refractivity contribution in [3.8, 4) is 11.3 Å². The summed E-state index contributed by atoms with van der Waals surface area (Å²) in [5, 5.41) is 3.22. The molecule has 84 valence electrons. The van der Waals surface area contributed by atoms with E-state index in [0.29, 0.717) is 5.82 Å². The highest BCUT2D eigenvalue weighted by Gasteiger charge is 2.08. The number of nitrogens with zero attached hydrogens (tertiary/aromatic N) is 2. The van der Waals surface area contributed by atoms with Crippen LogP contribution in [0, 0.1) is 0 Å². The van der Waals surface area contributed by atoms with Crippen molar-refractivity contribution in [2.24, 2.45) is 0 Å². The Labute approximate surface area is 102 Å². The van der Waals surface area contributed by atoms with Gasteiger partial charge in [-0.05, 0) is 6.07 Å². The molecule has 0 aliphatic heterocycles. The van der Waals surface area contributed by atoms with Crippen LogP contribution >= 0.6 is 11.3 Å². The first-order valence-corrected chi connectivity index (χ1v) is 5.98. The fourth-order valence-electron chi connectivity index (χ4n) is 1.80. The molecule has 0 amide bonds. The first-order chi connectivity index (χ1) is 8.24. The lowest BCUT2D eigenvalue weighted by Crippen LogP contribution is -2.00. The van der Waals surface area contributed by atoms with Crippen LogP contribution in [0.2, 0.25) is 0 Å². The summed E-state index contributed by atoms with van der Waals surface area (Å²) in [6.45, 7) is 0. The summed E-state index contributed by atoms with van der Waals surface area (Å²) in [4.78, 5) is 8.09. The molecule has 2 aromatic heterocycles. The molecular weight excluding hydrogens is 232 g/mol. The van der Waals surface area contributed by atoms with E-state index < -0.39 is 0 Å². The Morgan fingerprint density at radius 2 is 1.88 bits per heavy atom. The van der Waals surface area contributed by atoms with Gasteiger partial charge in [-0.3, -0.25) is 0 Å². The number of hydrogen-bond donors (Lipinski definition) is 2. The number of nitrogens with two attached hydrogens (primary N) is 2. The van der Waals surface area contributed by atoms with Crippen LogP contribution in [0.1, 0.15) is 0 Å². The largest absolute Gasteiger partial charge is 0.384 e. The maximum atomic E-state index is 5.68. The number of aromatic nitrogens is 2. The van der Waals surface area contributed by atoms with Gasteiger partial charge in [0.15, 0.2) is 0 Å². The van der Waals surface area contributed by atoms with E-state index in [4.69, 9.17) is 11.5 Å². The molecule has 0 fully saturated rings. The number of fused-ring (bicyclic) bond motifs is 1. The van der Waals surface area contributed by atoms with Crippen LogP contribution < -0.4 is 11.5 Å². The molecule has 0 atom stereocenters. The van der Waals surface area contributed by atoms with E-state index in [1.165, 1.54) is 4.70 Å². The molecule has 4 nitrogen and oxygen atoms in total. The van der Waals surface area contributed by atoms with Crippen molar-refractivity contribution in [3.63, 3.8) is 0 Å². The molecule has 1 aromatic carbocycles. The van der Waals surface area contributed by atoms with E-state index in [1.54, 1.807) is 17.4 Å². The molecule has 4 N–H and O–H groups in total. The number of anilines is 2. The average molecular weight is 242 g/mol. The van der Waals surface area contributed by atoms with Gasteiger partial charge in [0.1, 0.15) is 5.82 Å². The van der Waals surface area contributed by atoms with Gasteiger partial charge in [-0.1, -0.05) is 18.2 Å².